The van der Waals surface area contributed by atoms with E-state index in [4.69, 9.17) is 23.7 Å². The lowest BCUT2D eigenvalue weighted by molar-refractivity contribution is -0.111. The Labute approximate surface area is 213 Å². The number of nitrogens with zero attached hydrogens (tertiary/aromatic N) is 1. The summed E-state index contributed by atoms with van der Waals surface area (Å²) in [6, 6.07) is 9.36. The van der Waals surface area contributed by atoms with Crippen LogP contribution < -0.4 is 29.0 Å². The summed E-state index contributed by atoms with van der Waals surface area (Å²) in [4.78, 5) is 16.9. The molecule has 10 heteroatoms. The van der Waals surface area contributed by atoms with Crippen LogP contribution in [-0.4, -0.2) is 46.4 Å². The zero-order valence-electron chi connectivity index (χ0n) is 20.2. The van der Waals surface area contributed by atoms with Crippen molar-refractivity contribution < 1.29 is 28.5 Å². The van der Waals surface area contributed by atoms with E-state index < -0.39 is 0 Å². The number of rotatable bonds is 12. The highest BCUT2D eigenvalue weighted by Gasteiger charge is 2.12. The third kappa shape index (κ3) is 7.30. The number of hydrogen-bond acceptors (Lipinski definition) is 9. The average Bonchev–Trinajstić information content (AvgIpc) is 3.33. The van der Waals surface area contributed by atoms with Crippen LogP contribution in [0.3, 0.4) is 0 Å². The summed E-state index contributed by atoms with van der Waals surface area (Å²) in [5.74, 6) is 4.27. The highest BCUT2D eigenvalue weighted by atomic mass is 32.2. The van der Waals surface area contributed by atoms with Gasteiger partial charge < -0.3 is 23.7 Å². The van der Waals surface area contributed by atoms with E-state index in [0.717, 1.165) is 34.1 Å². The molecule has 0 aliphatic rings. The molecule has 1 amide bonds. The van der Waals surface area contributed by atoms with Crippen molar-refractivity contribution in [2.75, 3.05) is 40.9 Å². The van der Waals surface area contributed by atoms with Crippen molar-refractivity contribution in [3.8, 4) is 28.7 Å². The largest absolute Gasteiger partial charge is 0.497 e. The van der Waals surface area contributed by atoms with E-state index in [0.29, 0.717) is 28.1 Å². The topological polar surface area (TPSA) is 88.1 Å². The van der Waals surface area contributed by atoms with Gasteiger partial charge in [0.05, 0.1) is 41.2 Å². The maximum Gasteiger partial charge on any atom is 0.250 e. The number of ether oxygens (including phenoxy) is 5. The molecule has 0 radical (unpaired) electrons. The van der Waals surface area contributed by atoms with Gasteiger partial charge in [0.1, 0.15) is 11.5 Å². The Morgan fingerprint density at radius 2 is 1.57 bits per heavy atom. The molecular weight excluding hydrogens is 488 g/mol. The predicted octanol–water partition coefficient (Wildman–Crippen LogP) is 5.27. The summed E-state index contributed by atoms with van der Waals surface area (Å²) in [6.45, 7) is 0. The van der Waals surface area contributed by atoms with E-state index >= 15 is 0 Å². The first-order valence-electron chi connectivity index (χ1n) is 10.5. The monoisotopic (exact) mass is 516 g/mol. The van der Waals surface area contributed by atoms with E-state index in [1.54, 1.807) is 65.5 Å². The average molecular weight is 517 g/mol. The number of benzene rings is 2. The molecule has 0 unspecified atom stereocenters. The fourth-order valence-corrected chi connectivity index (χ4v) is 4.85. The molecule has 0 saturated carbocycles. The quantitative estimate of drug-likeness (QED) is 0.326. The molecule has 0 bridgehead atoms. The number of carbonyl (C=O) groups is 1. The van der Waals surface area contributed by atoms with Crippen LogP contribution in [0.25, 0.3) is 6.08 Å². The molecule has 2 aromatic carbocycles. The third-order valence-corrected chi connectivity index (χ3v) is 6.67. The summed E-state index contributed by atoms with van der Waals surface area (Å²) in [7, 11) is 7.90. The maximum atomic E-state index is 12.4. The Morgan fingerprint density at radius 1 is 0.914 bits per heavy atom. The number of aromatic nitrogens is 1. The Morgan fingerprint density at radius 3 is 2.14 bits per heavy atom. The highest BCUT2D eigenvalue weighted by Crippen LogP contribution is 2.38. The van der Waals surface area contributed by atoms with E-state index in [1.165, 1.54) is 17.4 Å². The highest BCUT2D eigenvalue weighted by molar-refractivity contribution is 7.97. The standard InChI is InChI=1S/C25H28N2O6S2/c1-29-19-8-17(9-20(12-19)30-2)13-34-14-18-15-35-25(26-18)27-23(28)7-6-16-10-21(31-3)24(33-5)22(11-16)32-4/h6-12,15H,13-14H2,1-5H3,(H,26,27,28)/b7-6+. The van der Waals surface area contributed by atoms with Crippen LogP contribution in [0.2, 0.25) is 0 Å². The van der Waals surface area contributed by atoms with Crippen LogP contribution in [0.5, 0.6) is 28.7 Å². The van der Waals surface area contributed by atoms with Crippen molar-refractivity contribution in [1.82, 2.24) is 4.98 Å². The SMILES string of the molecule is COc1cc(CSCc2csc(NC(=O)/C=C/c3cc(OC)c(OC)c(OC)c3)n2)cc(OC)c1. The molecule has 1 heterocycles. The van der Waals surface area contributed by atoms with Gasteiger partial charge >= 0.3 is 0 Å². The smallest absolute Gasteiger partial charge is 0.250 e. The lowest BCUT2D eigenvalue weighted by Gasteiger charge is -2.12. The van der Waals surface area contributed by atoms with E-state index in [-0.39, 0.29) is 5.91 Å². The molecule has 1 N–H and O–H groups in total. The van der Waals surface area contributed by atoms with Gasteiger partial charge in [0.15, 0.2) is 16.6 Å². The molecule has 0 fully saturated rings. The van der Waals surface area contributed by atoms with Crippen molar-refractivity contribution >= 4 is 40.2 Å². The van der Waals surface area contributed by atoms with E-state index in [9.17, 15) is 4.79 Å². The maximum absolute atomic E-state index is 12.4. The van der Waals surface area contributed by atoms with Gasteiger partial charge in [-0.15, -0.1) is 11.3 Å². The molecule has 35 heavy (non-hydrogen) atoms. The Kier molecular flexibility index (Phi) is 9.68. The zero-order chi connectivity index (χ0) is 25.2. The van der Waals surface area contributed by atoms with Crippen molar-refractivity contribution in [3.63, 3.8) is 0 Å². The first-order valence-corrected chi connectivity index (χ1v) is 12.6. The molecule has 3 rings (SSSR count). The van der Waals surface area contributed by atoms with Gasteiger partial charge in [0, 0.05) is 29.0 Å². The van der Waals surface area contributed by atoms with Crippen LogP contribution in [0.15, 0.2) is 41.8 Å². The zero-order valence-corrected chi connectivity index (χ0v) is 21.9. The van der Waals surface area contributed by atoms with Crippen molar-refractivity contribution in [2.45, 2.75) is 11.5 Å². The Hall–Kier alpha value is -3.37. The fraction of sp³-hybridized carbons (Fsp3) is 0.280. The molecule has 0 saturated heterocycles. The first kappa shape index (κ1) is 26.2. The number of anilines is 1. The Bertz CT molecular complexity index is 1130. The molecule has 0 aliphatic carbocycles. The van der Waals surface area contributed by atoms with Gasteiger partial charge in [-0.05, 0) is 41.5 Å². The second kappa shape index (κ2) is 12.9. The number of thiazole rings is 1. The molecule has 0 aliphatic heterocycles. The number of thioether (sulfide) groups is 1. The van der Waals surface area contributed by atoms with Gasteiger partial charge in [0.2, 0.25) is 11.7 Å². The summed E-state index contributed by atoms with van der Waals surface area (Å²) < 4.78 is 26.7. The minimum absolute atomic E-state index is 0.282. The van der Waals surface area contributed by atoms with Crippen LogP contribution in [0.1, 0.15) is 16.8 Å². The molecule has 8 nitrogen and oxygen atoms in total. The normalized spacial score (nSPS) is 10.8. The molecule has 3 aromatic rings. The Balaban J connectivity index is 1.55. The summed E-state index contributed by atoms with van der Waals surface area (Å²) in [6.07, 6.45) is 3.11. The minimum atomic E-state index is -0.282. The lowest BCUT2D eigenvalue weighted by Crippen LogP contribution is -2.07. The minimum Gasteiger partial charge on any atom is -0.497 e. The summed E-state index contributed by atoms with van der Waals surface area (Å²) >= 11 is 3.11. The van der Waals surface area contributed by atoms with Gasteiger partial charge in [-0.25, -0.2) is 4.98 Å². The van der Waals surface area contributed by atoms with Gasteiger partial charge in [-0.3, -0.25) is 10.1 Å². The molecule has 0 atom stereocenters. The second-order valence-electron chi connectivity index (χ2n) is 7.14. The van der Waals surface area contributed by atoms with Gasteiger partial charge in [-0.2, -0.15) is 11.8 Å². The number of nitrogens with one attached hydrogen (secondary N) is 1. The summed E-state index contributed by atoms with van der Waals surface area (Å²) in [5, 5.41) is 5.29. The third-order valence-electron chi connectivity index (χ3n) is 4.83. The second-order valence-corrected chi connectivity index (χ2v) is 8.98. The number of hydrogen-bond donors (Lipinski definition) is 1. The molecule has 0 spiro atoms. The molecular formula is C25H28N2O6S2. The van der Waals surface area contributed by atoms with Gasteiger partial charge in [0.25, 0.3) is 0 Å². The van der Waals surface area contributed by atoms with Crippen LogP contribution in [-0.2, 0) is 16.3 Å². The number of amides is 1. The predicted molar refractivity (Wildman–Crippen MR) is 140 cm³/mol. The number of methoxy groups -OCH3 is 5. The van der Waals surface area contributed by atoms with E-state index in [1.807, 2.05) is 23.6 Å². The van der Waals surface area contributed by atoms with E-state index in [2.05, 4.69) is 10.3 Å². The molecule has 186 valence electrons. The molecule has 1 aromatic heterocycles. The van der Waals surface area contributed by atoms with Gasteiger partial charge in [-0.1, -0.05) is 0 Å². The van der Waals surface area contributed by atoms with Crippen molar-refractivity contribution in [2.24, 2.45) is 0 Å². The summed E-state index contributed by atoms with van der Waals surface area (Å²) in [5.41, 5.74) is 2.74. The van der Waals surface area contributed by atoms with Crippen LogP contribution in [0.4, 0.5) is 5.13 Å². The van der Waals surface area contributed by atoms with Crippen LogP contribution in [0, 0.1) is 0 Å². The van der Waals surface area contributed by atoms with Crippen LogP contribution >= 0.6 is 23.1 Å². The number of carbonyl (C=O) groups excluding carboxylic acids is 1. The van der Waals surface area contributed by atoms with Crippen molar-refractivity contribution in [1.29, 1.82) is 0 Å². The first-order chi connectivity index (χ1) is 17.0. The fourth-order valence-electron chi connectivity index (χ4n) is 3.17. The van der Waals surface area contributed by atoms with Crippen molar-refractivity contribution in [3.05, 3.63) is 58.6 Å². The lowest BCUT2D eigenvalue weighted by atomic mass is 10.1.